The number of carboxylic acids is 1. The van der Waals surface area contributed by atoms with Gasteiger partial charge >= 0.3 is 5.97 Å². The number of ketones is 1. The summed E-state index contributed by atoms with van der Waals surface area (Å²) in [4.78, 5) is 290. The van der Waals surface area contributed by atoms with Crippen molar-refractivity contribution >= 4 is 146 Å². The number of halogens is 1. The number of piperidine rings is 1. The summed E-state index contributed by atoms with van der Waals surface area (Å²) in [6, 6.07) is -2.83. The minimum atomic E-state index is -1.79. The van der Waals surface area contributed by atoms with Gasteiger partial charge in [-0.3, -0.25) is 91.1 Å². The Hall–Kier alpha value is -12.9. The zero-order chi connectivity index (χ0) is 104. The quantitative estimate of drug-likeness (QED) is 0.0378. The lowest BCUT2D eigenvalue weighted by molar-refractivity contribution is -0.149. The van der Waals surface area contributed by atoms with Crippen LogP contribution in [0, 0.1) is 22.6 Å². The maximum Gasteiger partial charge on any atom is 0.303 e. The highest BCUT2D eigenvalue weighted by Crippen LogP contribution is 2.31. The molecule has 0 radical (unpaired) electrons. The van der Waals surface area contributed by atoms with Crippen LogP contribution in [-0.2, 0) is 117 Å². The van der Waals surface area contributed by atoms with E-state index in [0.29, 0.717) is 65.1 Å². The van der Waals surface area contributed by atoms with Crippen molar-refractivity contribution in [3.05, 3.63) is 108 Å². The average Bonchev–Trinajstić information content (AvgIpc) is 1.61. The number of carboxylic acid groups (broad SMARTS) is 1. The number of aliphatic carboxylic acids is 1. The van der Waals surface area contributed by atoms with Gasteiger partial charge in [-0.1, -0.05) is 143 Å². The number of likely N-dealkylation sites (N-methyl/N-ethyl adjacent to an activating group) is 2. The number of carbonyl (C=O) groups is 19. The number of carbonyl (C=O) groups excluding carboxylic acids is 18. The number of nitrogens with one attached hydrogen (secondary N) is 11. The molecule has 5 aromatic rings. The highest BCUT2D eigenvalue weighted by Gasteiger charge is 2.48. The Bertz CT molecular complexity index is 5400. The van der Waals surface area contributed by atoms with E-state index in [9.17, 15) is 53.0 Å². The van der Waals surface area contributed by atoms with Crippen LogP contribution in [-0.4, -0.2) is 299 Å². The van der Waals surface area contributed by atoms with Crippen molar-refractivity contribution in [2.75, 3.05) is 51.8 Å². The predicted molar refractivity (Wildman–Crippen MR) is 526 cm³/mol. The van der Waals surface area contributed by atoms with Crippen LogP contribution >= 0.6 is 11.8 Å². The van der Waals surface area contributed by atoms with Crippen molar-refractivity contribution in [3.63, 3.8) is 0 Å². The number of aromatic amines is 1. The molecule has 15 atom stereocenters. The lowest BCUT2D eigenvalue weighted by atomic mass is 9.87. The molecule has 4 aliphatic heterocycles. The number of thioether (sulfide) groups is 1. The average molecular weight is 2000 g/mol. The zero-order valence-corrected chi connectivity index (χ0v) is 84.2. The van der Waals surface area contributed by atoms with E-state index in [-0.39, 0.29) is 109 Å². The summed E-state index contributed by atoms with van der Waals surface area (Å²) in [5.74, 6) is -19.5. The summed E-state index contributed by atoms with van der Waals surface area (Å²) in [6.45, 7) is 16.1. The molecule has 17 amide bonds. The molecule has 42 heteroatoms. The van der Waals surface area contributed by atoms with Crippen molar-refractivity contribution in [2.24, 2.45) is 35.3 Å². The van der Waals surface area contributed by atoms with Crippen LogP contribution in [0.2, 0.25) is 0 Å². The molecule has 4 saturated heterocycles. The van der Waals surface area contributed by atoms with E-state index in [0.717, 1.165) is 49.0 Å². The number of Topliss-reactive ketones (excluding diaryl/α,β-unsaturated/α-hetero) is 1. The number of hydrogen-bond acceptors (Lipinski definition) is 21. The standard InChI is InChI=1S/C100H142FN19O21S/c1-14-16-28-75-89(132)108-66(38-40-83(125)126)86(129)114-73(84(103)127)54-142-55-82(124)106-70(46-57-33-35-60(101)36-34-57)94(137)118-43-23-22-31-76(118)91(134)113-72(50-81(102)123)95(138)119-44-24-32-77(119)90(133)109-65(37-39-80(122)99(5,6)7)85(128)111-69(45-56(3)4)96(139)120-53-61(121)49-79(120)92(135)110-68(47-58-51-105-64-27-20-18-25-62(58)64)88(131)107-67(41-42-104-98(141)100(8,9)10)87(130)112-71(48-59-52-115(11)74-30-21-19-26-63(59)74)93(136)117(13)78(29-17-15-2)97(140)116(75)12/h18-21,25-27,30,33-36,51-52,56,61,65-73,75-79,105,121H,14-17,22-24,28-29,31-32,37-50,53-55H2,1-13H3,(H2,102,123)(H2,103,127)(H,104,141)(H,106,124)(H,107,131)(H,108,132)(H,109,133)(H,110,135)(H,111,128)(H,112,130)(H,113,134)(H,114,129)(H,125,126)/t61-,65+,66+,67+,68+,69+,70+,71+,72+,73+,75+,76+,77+,78+,79+/m1/s1. The van der Waals surface area contributed by atoms with Crippen molar-refractivity contribution < 1.29 is 106 Å². The minimum absolute atomic E-state index is 0.0228. The Morgan fingerprint density at radius 3 is 1.65 bits per heavy atom. The van der Waals surface area contributed by atoms with E-state index in [4.69, 9.17) is 11.5 Å². The molecule has 0 aliphatic carbocycles. The van der Waals surface area contributed by atoms with Crippen LogP contribution in [0.5, 0.6) is 0 Å². The maximum absolute atomic E-state index is 16.1. The number of H-pyrrole nitrogens is 1. The predicted octanol–water partition coefficient (Wildman–Crippen LogP) is 2.52. The number of aliphatic hydroxyl groups is 1. The Kier molecular flexibility index (Phi) is 41.0. The van der Waals surface area contributed by atoms with Crippen molar-refractivity contribution in [3.8, 4) is 0 Å². The fourth-order valence-electron chi connectivity index (χ4n) is 18.3. The molecule has 9 rings (SSSR count). The van der Waals surface area contributed by atoms with Gasteiger partial charge in [-0.2, -0.15) is 0 Å². The molecule has 4 aliphatic rings. The zero-order valence-electron chi connectivity index (χ0n) is 83.4. The van der Waals surface area contributed by atoms with E-state index in [1.807, 2.05) is 36.6 Å². The Morgan fingerprint density at radius 1 is 0.521 bits per heavy atom. The van der Waals surface area contributed by atoms with Gasteiger partial charge in [0.2, 0.25) is 100 Å². The second kappa shape index (κ2) is 51.7. The van der Waals surface area contributed by atoms with Crippen LogP contribution in [0.1, 0.15) is 208 Å². The van der Waals surface area contributed by atoms with Crippen LogP contribution in [0.4, 0.5) is 4.39 Å². The maximum atomic E-state index is 16.1. The molecule has 6 heterocycles. The third-order valence-corrected chi connectivity index (χ3v) is 27.4. The van der Waals surface area contributed by atoms with Gasteiger partial charge < -0.3 is 109 Å². The minimum Gasteiger partial charge on any atom is -0.481 e. The molecule has 0 bridgehead atoms. The van der Waals surface area contributed by atoms with E-state index in [1.54, 1.807) is 105 Å². The first-order valence-electron chi connectivity index (χ1n) is 49.0. The topological polar surface area (TPSA) is 574 Å². The van der Waals surface area contributed by atoms with Crippen molar-refractivity contribution in [1.29, 1.82) is 0 Å². The van der Waals surface area contributed by atoms with Gasteiger partial charge in [-0.25, -0.2) is 4.39 Å². The van der Waals surface area contributed by atoms with E-state index in [2.05, 4.69) is 58.2 Å². The lowest BCUT2D eigenvalue weighted by Gasteiger charge is -2.38. The second-order valence-electron chi connectivity index (χ2n) is 40.0. The third kappa shape index (κ3) is 31.1. The van der Waals surface area contributed by atoms with E-state index in [1.165, 1.54) is 31.1 Å². The Labute approximate surface area is 830 Å². The summed E-state index contributed by atoms with van der Waals surface area (Å²) in [5, 5.41) is 50.2. The highest BCUT2D eigenvalue weighted by molar-refractivity contribution is 8.00. The number of primary amides is 2. The number of para-hydroxylation sites is 2. The van der Waals surface area contributed by atoms with Gasteiger partial charge in [0.1, 0.15) is 96.2 Å². The molecule has 142 heavy (non-hydrogen) atoms. The fourth-order valence-corrected chi connectivity index (χ4v) is 19.2. The normalized spacial score (nSPS) is 24.9. The first-order valence-corrected chi connectivity index (χ1v) is 50.1. The smallest absolute Gasteiger partial charge is 0.303 e. The number of unbranched alkanes of at least 4 members (excludes halogenated alkanes) is 2. The number of nitrogens with two attached hydrogens (primary N) is 2. The number of aryl methyl sites for hydroxylation is 1. The van der Waals surface area contributed by atoms with Gasteiger partial charge in [0, 0.05) is 137 Å². The molecule has 17 N–H and O–H groups in total. The molecule has 0 unspecified atom stereocenters. The molecular weight excluding hydrogens is 1850 g/mol. The first-order chi connectivity index (χ1) is 67.1. The SMILES string of the molecule is CCCC[C@H]1C(=O)N(C)[C@@H](CCCC)C(=O)N[C@@H](CCC(=O)O)C(=O)N[C@H](C(N)=O)CSCC(=O)N[C@@H](Cc2ccc(F)cc2)C(=O)N2CCCC[C@H]2C(=O)N[C@@H](CC(N)=O)C(=O)N2CCC[C@H]2C(=O)N[C@@H](CCC(=O)C(C)(C)C)C(=O)N[C@@H](CC(C)C)C(=O)N2C[C@H](O)C[C@H]2C(=O)N[C@@H](Cc2c[nH]c3ccccc23)C(=O)N[C@@H](CCNC(=O)C(C)(C)C)C(=O)N[C@@H](Cc2cn(C)c3ccccc23)C(=O)N1C. The molecule has 0 spiro atoms. The molecular formula is C100H142FN19O21S. The van der Waals surface area contributed by atoms with Crippen molar-refractivity contribution in [2.45, 2.75) is 301 Å². The summed E-state index contributed by atoms with van der Waals surface area (Å²) < 4.78 is 16.3. The number of nitrogens with zero attached hydrogens (tertiary/aromatic N) is 6. The Morgan fingerprint density at radius 2 is 1.04 bits per heavy atom. The monoisotopic (exact) mass is 2000 g/mol. The number of aromatic nitrogens is 2. The molecule has 40 nitrogen and oxygen atoms in total. The third-order valence-electron chi connectivity index (χ3n) is 26.4. The van der Waals surface area contributed by atoms with Gasteiger partial charge in [-0.15, -0.1) is 11.8 Å². The van der Waals surface area contributed by atoms with Crippen LogP contribution in [0.25, 0.3) is 21.8 Å². The molecule has 2 aromatic heterocycles. The van der Waals surface area contributed by atoms with Gasteiger partial charge in [0.15, 0.2) is 0 Å². The van der Waals surface area contributed by atoms with Gasteiger partial charge in [0.05, 0.1) is 18.3 Å². The van der Waals surface area contributed by atoms with Gasteiger partial charge in [-0.05, 0) is 118 Å². The first kappa shape index (κ1) is 113. The number of amides is 17. The number of hydrogen-bond donors (Lipinski definition) is 15. The number of rotatable bonds is 26. The fraction of sp³-hybridized carbons (Fsp3) is 0.590. The van der Waals surface area contributed by atoms with Crippen LogP contribution < -0.4 is 64.6 Å². The highest BCUT2D eigenvalue weighted by atomic mass is 32.2. The van der Waals surface area contributed by atoms with Gasteiger partial charge in [0.25, 0.3) is 0 Å². The number of fused-ring (bicyclic) bond motifs is 5. The largest absolute Gasteiger partial charge is 0.481 e. The molecule has 776 valence electrons. The number of benzene rings is 3. The summed E-state index contributed by atoms with van der Waals surface area (Å²) in [5.41, 5.74) is 12.5. The van der Waals surface area contributed by atoms with E-state index >= 15 is 52.7 Å². The second-order valence-corrected chi connectivity index (χ2v) is 41.0. The molecule has 4 fully saturated rings. The van der Waals surface area contributed by atoms with Crippen molar-refractivity contribution in [1.82, 2.24) is 87.2 Å². The molecule has 3 aromatic carbocycles. The molecule has 0 saturated carbocycles. The summed E-state index contributed by atoms with van der Waals surface area (Å²) in [6.07, 6.45) is -0.401. The van der Waals surface area contributed by atoms with Crippen LogP contribution in [0.3, 0.4) is 0 Å². The number of aliphatic hydroxyl groups excluding tert-OH is 1. The summed E-state index contributed by atoms with van der Waals surface area (Å²) >= 11 is 0.750. The lowest BCUT2D eigenvalue weighted by Crippen LogP contribution is -2.61. The van der Waals surface area contributed by atoms with Crippen LogP contribution in [0.15, 0.2) is 85.2 Å². The Balaban J connectivity index is 1.14. The van der Waals surface area contributed by atoms with E-state index < -0.39 is 263 Å². The summed E-state index contributed by atoms with van der Waals surface area (Å²) in [7, 11) is 4.45.